The number of fused-ring (bicyclic) bond motifs is 4. The van der Waals surface area contributed by atoms with Gasteiger partial charge in [-0.1, -0.05) is 0 Å². The van der Waals surface area contributed by atoms with Crippen LogP contribution in [0.3, 0.4) is 0 Å². The number of hydrogen-bond acceptors (Lipinski definition) is 7. The standard InChI is InChI=1S/C28H33FN6O3/c1-26(2,38-3)24(29)17-32-25(36)20-16-31-22(23-5-4-19-12-18(14-30)15-33-35(19)23)13-21(20)34-27-6-9-28(37,10-7-27)11-8-27/h4-5,12-13,15-16,24,37H,6-11,17H2,1-3H3,(H,31,34)(H,32,36)/t24-,27?,28?/m1/s1. The Kier molecular flexibility index (Phi) is 6.61. The van der Waals surface area contributed by atoms with Crippen LogP contribution in [0.2, 0.25) is 0 Å². The van der Waals surface area contributed by atoms with Crippen molar-refractivity contribution < 1.29 is 19.0 Å². The first-order chi connectivity index (χ1) is 18.1. The van der Waals surface area contributed by atoms with Gasteiger partial charge in [0.1, 0.15) is 12.2 Å². The lowest BCUT2D eigenvalue weighted by Gasteiger charge is -2.51. The monoisotopic (exact) mass is 520 g/mol. The van der Waals surface area contributed by atoms with Crippen molar-refractivity contribution in [2.45, 2.75) is 75.3 Å². The lowest BCUT2D eigenvalue weighted by molar-refractivity contribution is -0.0580. The highest BCUT2D eigenvalue weighted by atomic mass is 19.1. The largest absolute Gasteiger partial charge is 0.390 e. The topological polar surface area (TPSA) is 125 Å². The minimum Gasteiger partial charge on any atom is -0.390 e. The van der Waals surface area contributed by atoms with Crippen LogP contribution in [-0.2, 0) is 4.74 Å². The summed E-state index contributed by atoms with van der Waals surface area (Å²) >= 11 is 0. The molecule has 1 amide bonds. The van der Waals surface area contributed by atoms with Gasteiger partial charge in [-0.2, -0.15) is 10.4 Å². The maximum atomic E-state index is 14.7. The Labute approximate surface area is 221 Å². The van der Waals surface area contributed by atoms with Gasteiger partial charge in [0.25, 0.3) is 5.91 Å². The molecule has 3 aromatic heterocycles. The fourth-order valence-corrected chi connectivity index (χ4v) is 5.42. The molecule has 6 rings (SSSR count). The highest BCUT2D eigenvalue weighted by Gasteiger charge is 2.48. The number of hydrogen-bond donors (Lipinski definition) is 3. The van der Waals surface area contributed by atoms with E-state index in [1.807, 2.05) is 18.2 Å². The molecule has 3 saturated carbocycles. The molecule has 3 aliphatic carbocycles. The number of rotatable bonds is 8. The number of methoxy groups -OCH3 is 1. The van der Waals surface area contributed by atoms with E-state index in [4.69, 9.17) is 4.74 Å². The van der Waals surface area contributed by atoms with Crippen LogP contribution in [-0.4, -0.2) is 62.2 Å². The molecule has 0 radical (unpaired) electrons. The van der Waals surface area contributed by atoms with Crippen molar-refractivity contribution in [1.82, 2.24) is 19.9 Å². The Hall–Kier alpha value is -3.55. The molecule has 3 fully saturated rings. The number of nitriles is 1. The molecule has 3 aromatic rings. The number of carbonyl (C=O) groups is 1. The number of ether oxygens (including phenoxy) is 1. The van der Waals surface area contributed by atoms with Crippen LogP contribution in [0, 0.1) is 11.3 Å². The van der Waals surface area contributed by atoms with Gasteiger partial charge in [0, 0.05) is 18.8 Å². The smallest absolute Gasteiger partial charge is 0.255 e. The number of amides is 1. The molecule has 200 valence electrons. The van der Waals surface area contributed by atoms with E-state index in [1.165, 1.54) is 19.5 Å². The van der Waals surface area contributed by atoms with E-state index in [9.17, 15) is 19.6 Å². The molecule has 1 atom stereocenters. The second-order valence-electron chi connectivity index (χ2n) is 11.1. The normalized spacial score (nSPS) is 23.7. The number of pyridine rings is 1. The maximum absolute atomic E-state index is 14.7. The number of carbonyl (C=O) groups excluding carboxylic acids is 1. The second-order valence-corrected chi connectivity index (χ2v) is 11.1. The molecule has 0 saturated heterocycles. The fourth-order valence-electron chi connectivity index (χ4n) is 5.42. The van der Waals surface area contributed by atoms with Crippen LogP contribution >= 0.6 is 0 Å². The van der Waals surface area contributed by atoms with Crippen molar-refractivity contribution >= 4 is 17.1 Å². The van der Waals surface area contributed by atoms with E-state index in [2.05, 4.69) is 26.8 Å². The zero-order valence-corrected chi connectivity index (χ0v) is 21.9. The second kappa shape index (κ2) is 9.64. The molecular formula is C28H33FN6O3. The van der Waals surface area contributed by atoms with Gasteiger partial charge < -0.3 is 20.5 Å². The van der Waals surface area contributed by atoms with Crippen molar-refractivity contribution in [3.63, 3.8) is 0 Å². The minimum absolute atomic E-state index is 0.201. The SMILES string of the molecule is COC(C)(C)[C@H](F)CNC(=O)c1cnc(-c2ccc3cc(C#N)cnn23)cc1NC12CCC(O)(CC1)CC2. The third-order valence-electron chi connectivity index (χ3n) is 8.37. The highest BCUT2D eigenvalue weighted by molar-refractivity contribution is 6.00. The molecular weight excluding hydrogens is 487 g/mol. The van der Waals surface area contributed by atoms with Crippen LogP contribution < -0.4 is 10.6 Å². The van der Waals surface area contributed by atoms with Gasteiger partial charge in [0.2, 0.25) is 0 Å². The lowest BCUT2D eigenvalue weighted by Crippen LogP contribution is -2.54. The van der Waals surface area contributed by atoms with Gasteiger partial charge in [-0.15, -0.1) is 0 Å². The van der Waals surface area contributed by atoms with Gasteiger partial charge in [0.05, 0.1) is 57.7 Å². The Balaban J connectivity index is 1.48. The van der Waals surface area contributed by atoms with E-state index in [-0.39, 0.29) is 12.1 Å². The summed E-state index contributed by atoms with van der Waals surface area (Å²) in [7, 11) is 1.44. The van der Waals surface area contributed by atoms with Gasteiger partial charge in [-0.25, -0.2) is 8.91 Å². The van der Waals surface area contributed by atoms with Crippen molar-refractivity contribution in [2.75, 3.05) is 19.0 Å². The van der Waals surface area contributed by atoms with Crippen LogP contribution in [0.25, 0.3) is 16.9 Å². The van der Waals surface area contributed by atoms with Crippen molar-refractivity contribution in [3.05, 3.63) is 47.8 Å². The maximum Gasteiger partial charge on any atom is 0.255 e. The van der Waals surface area contributed by atoms with Crippen molar-refractivity contribution in [3.8, 4) is 17.5 Å². The molecule has 3 aliphatic rings. The Morgan fingerprint density at radius 1 is 1.24 bits per heavy atom. The number of nitrogens with zero attached hydrogens (tertiary/aromatic N) is 4. The molecule has 0 aliphatic heterocycles. The summed E-state index contributed by atoms with van der Waals surface area (Å²) in [5, 5.41) is 30.6. The molecule has 3 heterocycles. The van der Waals surface area contributed by atoms with Gasteiger partial charge in [-0.3, -0.25) is 9.78 Å². The van der Waals surface area contributed by atoms with Crippen LogP contribution in [0.4, 0.5) is 10.1 Å². The summed E-state index contributed by atoms with van der Waals surface area (Å²) in [6.45, 7) is 3.07. The van der Waals surface area contributed by atoms with Gasteiger partial charge >= 0.3 is 0 Å². The van der Waals surface area contributed by atoms with E-state index < -0.39 is 23.3 Å². The minimum atomic E-state index is -1.40. The van der Waals surface area contributed by atoms with Gasteiger partial charge in [0.15, 0.2) is 0 Å². The van der Waals surface area contributed by atoms with Crippen LogP contribution in [0.1, 0.15) is 68.3 Å². The highest BCUT2D eigenvalue weighted by Crippen LogP contribution is 2.48. The Morgan fingerprint density at radius 3 is 2.61 bits per heavy atom. The van der Waals surface area contributed by atoms with Crippen LogP contribution in [0.15, 0.2) is 36.7 Å². The number of halogens is 1. The molecule has 10 heteroatoms. The molecule has 2 bridgehead atoms. The van der Waals surface area contributed by atoms with E-state index in [1.54, 1.807) is 24.4 Å². The predicted molar refractivity (Wildman–Crippen MR) is 140 cm³/mol. The zero-order chi connectivity index (χ0) is 27.1. The molecule has 38 heavy (non-hydrogen) atoms. The van der Waals surface area contributed by atoms with E-state index in [0.717, 1.165) is 24.8 Å². The Bertz CT molecular complexity index is 1390. The first-order valence-corrected chi connectivity index (χ1v) is 12.9. The first kappa shape index (κ1) is 26.1. The van der Waals surface area contributed by atoms with E-state index in [0.29, 0.717) is 47.5 Å². The van der Waals surface area contributed by atoms with Crippen molar-refractivity contribution in [2.24, 2.45) is 0 Å². The quantitative estimate of drug-likeness (QED) is 0.410. The Morgan fingerprint density at radius 2 is 1.95 bits per heavy atom. The van der Waals surface area contributed by atoms with Crippen molar-refractivity contribution in [1.29, 1.82) is 5.26 Å². The molecule has 0 unspecified atom stereocenters. The molecule has 0 aromatic carbocycles. The molecule has 3 N–H and O–H groups in total. The van der Waals surface area contributed by atoms with E-state index >= 15 is 0 Å². The number of aliphatic hydroxyl groups is 1. The average Bonchev–Trinajstić information content (AvgIpc) is 3.35. The van der Waals surface area contributed by atoms with Gasteiger partial charge in [-0.05, 0) is 76.6 Å². The number of aromatic nitrogens is 3. The third kappa shape index (κ3) is 4.84. The summed E-state index contributed by atoms with van der Waals surface area (Å²) < 4.78 is 21.6. The molecule has 0 spiro atoms. The number of anilines is 1. The predicted octanol–water partition coefficient (Wildman–Crippen LogP) is 4.01. The summed E-state index contributed by atoms with van der Waals surface area (Å²) in [5.41, 5.74) is 1.59. The third-order valence-corrected chi connectivity index (χ3v) is 8.37. The summed E-state index contributed by atoms with van der Waals surface area (Å²) in [6.07, 6.45) is 6.12. The first-order valence-electron chi connectivity index (χ1n) is 12.9. The number of alkyl halides is 1. The summed E-state index contributed by atoms with van der Waals surface area (Å²) in [5.74, 6) is -0.433. The lowest BCUT2D eigenvalue weighted by atomic mass is 9.63. The zero-order valence-electron chi connectivity index (χ0n) is 21.9. The number of nitrogens with one attached hydrogen (secondary N) is 2. The molecule has 9 nitrogen and oxygen atoms in total. The summed E-state index contributed by atoms with van der Waals surface area (Å²) in [4.78, 5) is 17.8. The van der Waals surface area contributed by atoms with Crippen LogP contribution in [0.5, 0.6) is 0 Å². The summed E-state index contributed by atoms with van der Waals surface area (Å²) in [6, 6.07) is 9.40. The fraction of sp³-hybridized carbons (Fsp3) is 0.500. The average molecular weight is 521 g/mol.